The first-order valence-corrected chi connectivity index (χ1v) is 38.7. The smallest absolute Gasteiger partial charge is 0.417 e. The fourth-order valence-electron chi connectivity index (χ4n) is 8.03. The molecule has 0 radical (unpaired) electrons. The highest BCUT2D eigenvalue weighted by atomic mass is 29.3. The predicted octanol–water partition coefficient (Wildman–Crippen LogP) is 11.1. The van der Waals surface area contributed by atoms with E-state index in [1.807, 2.05) is 41.5 Å². The van der Waals surface area contributed by atoms with Crippen LogP contribution in [0.25, 0.3) is 0 Å². The van der Waals surface area contributed by atoms with Crippen LogP contribution in [0.1, 0.15) is 113 Å². The fraction of sp³-hybridized carbons (Fsp3) is 1.00. The van der Waals surface area contributed by atoms with Crippen LogP contribution >= 0.6 is 0 Å². The first-order chi connectivity index (χ1) is 24.0. The molecule has 2 heterocycles. The Balaban J connectivity index is 0.000000527. The molecule has 2 saturated heterocycles. The van der Waals surface area contributed by atoms with Crippen LogP contribution in [0.15, 0.2) is 0 Å². The van der Waals surface area contributed by atoms with Gasteiger partial charge in [0.15, 0.2) is 15.7 Å². The molecule has 0 bridgehead atoms. The largest absolute Gasteiger partial charge is 0.500 e. The molecule has 2 aliphatic heterocycles. The predicted molar refractivity (Wildman–Crippen MR) is 231 cm³/mol. The van der Waals surface area contributed by atoms with Crippen LogP contribution in [0.2, 0.25) is 75.5 Å². The molecule has 0 aromatic rings. The minimum absolute atomic E-state index is 0.514. The SMILES string of the molecule is CC1CC[Si](C)(CC[Si]2(C)CCC(C)O[Si]2(C)C)[Si](C)(C)O1.CCO[Si](CCCCCCCCC[Si](OCC)(OCC)OCC)(OCC)OCC. The average Bonchev–Trinajstić information content (AvgIpc) is 3.04. The Bertz CT molecular complexity index is 814. The van der Waals surface area contributed by atoms with Gasteiger partial charge in [-0.15, -0.1) is 0 Å². The first-order valence-electron chi connectivity index (χ1n) is 21.2. The van der Waals surface area contributed by atoms with Crippen molar-refractivity contribution in [3.63, 3.8) is 0 Å². The molecule has 8 nitrogen and oxygen atoms in total. The van der Waals surface area contributed by atoms with E-state index in [2.05, 4.69) is 53.1 Å². The Kier molecular flexibility index (Phi) is 24.1. The van der Waals surface area contributed by atoms with Crippen LogP contribution in [-0.4, -0.2) is 100 Å². The van der Waals surface area contributed by atoms with Gasteiger partial charge in [0, 0.05) is 63.9 Å². The zero-order valence-corrected chi connectivity index (χ0v) is 42.3. The van der Waals surface area contributed by atoms with Crippen molar-refractivity contribution in [3.8, 4) is 0 Å². The summed E-state index contributed by atoms with van der Waals surface area (Å²) in [5.74, 6) is 0. The molecule has 0 saturated carbocycles. The van der Waals surface area contributed by atoms with E-state index in [0.29, 0.717) is 51.8 Å². The van der Waals surface area contributed by atoms with Gasteiger partial charge in [0.1, 0.15) is 0 Å². The quantitative estimate of drug-likeness (QED) is 0.0666. The molecule has 4 unspecified atom stereocenters. The molecule has 0 aromatic heterocycles. The lowest BCUT2D eigenvalue weighted by atomic mass is 10.1. The van der Waals surface area contributed by atoms with Crippen LogP contribution in [-0.2, 0) is 35.4 Å². The highest BCUT2D eigenvalue weighted by Gasteiger charge is 2.54. The molecule has 14 heteroatoms. The molecular formula is C37H86O8Si6. The zero-order valence-electron chi connectivity index (χ0n) is 36.3. The third-order valence-corrected chi connectivity index (χ3v) is 53.2. The lowest BCUT2D eigenvalue weighted by Gasteiger charge is -2.51. The van der Waals surface area contributed by atoms with Crippen molar-refractivity contribution in [2.45, 2.75) is 201 Å². The second-order valence-corrected chi connectivity index (χ2v) is 51.2. The molecule has 306 valence electrons. The lowest BCUT2D eigenvalue weighted by molar-refractivity contribution is 0.0700. The van der Waals surface area contributed by atoms with Crippen LogP contribution in [0.4, 0.5) is 0 Å². The van der Waals surface area contributed by atoms with Gasteiger partial charge in [0.05, 0.1) is 15.2 Å². The Morgan fingerprint density at radius 3 is 0.941 bits per heavy atom. The maximum absolute atomic E-state index is 6.53. The van der Waals surface area contributed by atoms with Gasteiger partial charge in [0.2, 0.25) is 0 Å². The molecule has 0 spiro atoms. The number of hydrogen-bond donors (Lipinski definition) is 0. The maximum atomic E-state index is 6.53. The van der Waals surface area contributed by atoms with E-state index in [-0.39, 0.29) is 0 Å². The van der Waals surface area contributed by atoms with Gasteiger partial charge in [-0.1, -0.05) is 69.4 Å². The summed E-state index contributed by atoms with van der Waals surface area (Å²) in [6.07, 6.45) is 12.0. The van der Waals surface area contributed by atoms with Gasteiger partial charge in [-0.25, -0.2) is 0 Å². The van der Waals surface area contributed by atoms with Crippen molar-refractivity contribution in [2.24, 2.45) is 0 Å². The summed E-state index contributed by atoms with van der Waals surface area (Å²) in [7, 11) is -10.2. The summed E-state index contributed by atoms with van der Waals surface area (Å²) < 4.78 is 48.6. The second-order valence-electron chi connectivity index (χ2n) is 16.5. The highest BCUT2D eigenvalue weighted by molar-refractivity contribution is 7.41. The van der Waals surface area contributed by atoms with Crippen molar-refractivity contribution in [2.75, 3.05) is 39.6 Å². The molecule has 0 aliphatic carbocycles. The van der Waals surface area contributed by atoms with E-state index in [0.717, 1.165) is 24.9 Å². The molecule has 2 aliphatic rings. The Morgan fingerprint density at radius 2 is 0.706 bits per heavy atom. The molecular weight excluding hydrogens is 741 g/mol. The van der Waals surface area contributed by atoms with E-state index in [9.17, 15) is 0 Å². The summed E-state index contributed by atoms with van der Waals surface area (Å²) in [5, 5.41) is 0. The van der Waals surface area contributed by atoms with Crippen molar-refractivity contribution in [1.29, 1.82) is 0 Å². The van der Waals surface area contributed by atoms with Crippen molar-refractivity contribution in [3.05, 3.63) is 0 Å². The molecule has 2 rings (SSSR count). The van der Waals surface area contributed by atoms with Crippen LogP contribution in [0.5, 0.6) is 0 Å². The minimum Gasteiger partial charge on any atom is -0.417 e. The fourth-order valence-corrected chi connectivity index (χ4v) is 38.9. The van der Waals surface area contributed by atoms with Crippen LogP contribution < -0.4 is 0 Å². The van der Waals surface area contributed by atoms with E-state index >= 15 is 0 Å². The summed E-state index contributed by atoms with van der Waals surface area (Å²) in [4.78, 5) is 0. The minimum atomic E-state index is -2.46. The summed E-state index contributed by atoms with van der Waals surface area (Å²) >= 11 is 0. The summed E-state index contributed by atoms with van der Waals surface area (Å²) in [5.41, 5.74) is 0. The van der Waals surface area contributed by atoms with Gasteiger partial charge in [-0.2, -0.15) is 0 Å². The van der Waals surface area contributed by atoms with Gasteiger partial charge in [0.25, 0.3) is 0 Å². The Morgan fingerprint density at radius 1 is 0.451 bits per heavy atom. The van der Waals surface area contributed by atoms with Gasteiger partial charge < -0.3 is 35.4 Å². The van der Waals surface area contributed by atoms with E-state index in [1.54, 1.807) is 0 Å². The topological polar surface area (TPSA) is 73.8 Å². The van der Waals surface area contributed by atoms with E-state index < -0.39 is 48.5 Å². The second kappa shape index (κ2) is 24.6. The van der Waals surface area contributed by atoms with Crippen molar-refractivity contribution < 1.29 is 35.4 Å². The monoisotopic (exact) mass is 826 g/mol. The van der Waals surface area contributed by atoms with Crippen LogP contribution in [0, 0.1) is 0 Å². The normalized spacial score (nSPS) is 26.5. The summed E-state index contributed by atoms with van der Waals surface area (Å²) in [6.45, 7) is 36.0. The lowest BCUT2D eigenvalue weighted by Crippen LogP contribution is -2.66. The standard InChI is InChI=1S/C21H48O6Si2.C16H38O2Si4/c1-7-22-28(23-8-2,24-9-3)20-18-16-14-13-15-17-19-21-29(25-10-4,26-11-5)27-12-6;1-15-9-11-21(7,19(3,4)17-15)13-14-22(8)12-10-16(2)18-20(22,5)6/h7-21H2,1-6H3;15-16H,9-14H2,1-8H3. The third-order valence-electron chi connectivity index (χ3n) is 12.0. The van der Waals surface area contributed by atoms with Gasteiger partial charge in [-0.3, -0.25) is 0 Å². The van der Waals surface area contributed by atoms with Gasteiger partial charge >= 0.3 is 17.6 Å². The van der Waals surface area contributed by atoms with Crippen molar-refractivity contribution in [1.82, 2.24) is 0 Å². The molecule has 4 atom stereocenters. The number of hydrogen-bond acceptors (Lipinski definition) is 8. The molecule has 0 amide bonds. The molecule has 0 N–H and O–H groups in total. The molecule has 0 aromatic carbocycles. The average molecular weight is 828 g/mol. The first kappa shape index (κ1) is 50.0. The van der Waals surface area contributed by atoms with E-state index in [4.69, 9.17) is 35.4 Å². The van der Waals surface area contributed by atoms with Crippen molar-refractivity contribution >= 4 is 48.5 Å². The molecule has 2 fully saturated rings. The highest BCUT2D eigenvalue weighted by Crippen LogP contribution is 2.43. The zero-order chi connectivity index (χ0) is 38.7. The van der Waals surface area contributed by atoms with E-state index in [1.165, 1.54) is 69.1 Å². The maximum Gasteiger partial charge on any atom is 0.500 e. The third kappa shape index (κ3) is 16.5. The Labute approximate surface area is 323 Å². The molecule has 51 heavy (non-hydrogen) atoms. The Hall–Kier alpha value is 0.981. The van der Waals surface area contributed by atoms with Crippen LogP contribution in [0.3, 0.4) is 0 Å². The van der Waals surface area contributed by atoms with Gasteiger partial charge in [-0.05, 0) is 107 Å². The number of rotatable bonds is 25. The summed E-state index contributed by atoms with van der Waals surface area (Å²) in [6, 6.07) is 7.92. The number of unbranched alkanes of at least 4 members (excludes halogenated alkanes) is 6.